The smallest absolute Gasteiger partial charge is 0.311 e. The summed E-state index contributed by atoms with van der Waals surface area (Å²) in [5.74, 6) is -0.381. The Kier molecular flexibility index (Phi) is 2.67. The molecule has 2 aromatic rings. The van der Waals surface area contributed by atoms with Gasteiger partial charge in [0.2, 0.25) is 0 Å². The molecule has 7 nitrogen and oxygen atoms in total. The first-order valence-corrected chi connectivity index (χ1v) is 5.73. The molecule has 0 spiro atoms. The summed E-state index contributed by atoms with van der Waals surface area (Å²) in [4.78, 5) is 18.8. The maximum absolute atomic E-state index is 10.6. The lowest BCUT2D eigenvalue weighted by atomic mass is 10.0. The Morgan fingerprint density at radius 1 is 1.61 bits per heavy atom. The van der Waals surface area contributed by atoms with Gasteiger partial charge in [-0.25, -0.2) is 9.97 Å². The molecule has 0 radical (unpaired) electrons. The second-order valence-corrected chi connectivity index (χ2v) is 4.29. The fraction of sp³-hybridized carbons (Fsp3) is 0.455. The first kappa shape index (κ1) is 11.1. The average molecular weight is 248 g/mol. The first-order chi connectivity index (χ1) is 8.74. The van der Waals surface area contributed by atoms with E-state index in [1.807, 2.05) is 0 Å². The summed E-state index contributed by atoms with van der Waals surface area (Å²) in [5.41, 5.74) is 1.49. The molecule has 0 aliphatic carbocycles. The summed E-state index contributed by atoms with van der Waals surface area (Å²) in [5, 5.41) is 16.6. The van der Waals surface area contributed by atoms with Gasteiger partial charge in [0, 0.05) is 18.7 Å². The lowest BCUT2D eigenvalue weighted by Crippen LogP contribution is -2.05. The van der Waals surface area contributed by atoms with Crippen LogP contribution in [-0.4, -0.2) is 44.5 Å². The van der Waals surface area contributed by atoms with Crippen LogP contribution in [0, 0.1) is 0 Å². The Balaban J connectivity index is 1.96. The molecule has 2 N–H and O–H groups in total. The number of aromatic amines is 1. The molecule has 1 unspecified atom stereocenters. The first-order valence-electron chi connectivity index (χ1n) is 5.73. The SMILES string of the molecule is O=C(O)Cc1ncc2c(C3CCOC3)[nH]nc2n1. The second-order valence-electron chi connectivity index (χ2n) is 4.29. The zero-order chi connectivity index (χ0) is 12.5. The van der Waals surface area contributed by atoms with Crippen LogP contribution in [0.5, 0.6) is 0 Å². The van der Waals surface area contributed by atoms with E-state index in [-0.39, 0.29) is 12.2 Å². The van der Waals surface area contributed by atoms with Crippen LogP contribution in [0.3, 0.4) is 0 Å². The van der Waals surface area contributed by atoms with Crippen molar-refractivity contribution in [1.29, 1.82) is 0 Å². The van der Waals surface area contributed by atoms with E-state index in [0.717, 1.165) is 24.1 Å². The van der Waals surface area contributed by atoms with Gasteiger partial charge < -0.3 is 9.84 Å². The van der Waals surface area contributed by atoms with Crippen molar-refractivity contribution in [1.82, 2.24) is 20.2 Å². The second kappa shape index (κ2) is 4.34. The van der Waals surface area contributed by atoms with E-state index >= 15 is 0 Å². The van der Waals surface area contributed by atoms with Crippen LogP contribution in [0.15, 0.2) is 6.20 Å². The van der Waals surface area contributed by atoms with Crippen molar-refractivity contribution in [3.63, 3.8) is 0 Å². The highest BCUT2D eigenvalue weighted by molar-refractivity contribution is 5.78. The molecule has 7 heteroatoms. The Labute approximate surface area is 102 Å². The van der Waals surface area contributed by atoms with Crippen molar-refractivity contribution in [3.05, 3.63) is 17.7 Å². The third kappa shape index (κ3) is 1.92. The van der Waals surface area contributed by atoms with Crippen LogP contribution in [0.25, 0.3) is 11.0 Å². The molecule has 0 bridgehead atoms. The molecule has 3 rings (SSSR count). The average Bonchev–Trinajstić information content (AvgIpc) is 2.94. The van der Waals surface area contributed by atoms with Crippen molar-refractivity contribution in [2.45, 2.75) is 18.8 Å². The molecule has 1 saturated heterocycles. The Bertz CT molecular complexity index is 589. The molecule has 1 aliphatic heterocycles. The van der Waals surface area contributed by atoms with E-state index in [1.54, 1.807) is 6.20 Å². The number of carbonyl (C=O) groups is 1. The standard InChI is InChI=1S/C11H12N4O3/c16-9(17)3-8-12-4-7-10(6-1-2-18-5-6)14-15-11(7)13-8/h4,6H,1-3,5H2,(H,16,17)(H,12,13,14,15). The maximum Gasteiger partial charge on any atom is 0.311 e. The number of rotatable bonds is 3. The lowest BCUT2D eigenvalue weighted by Gasteiger charge is -2.04. The van der Waals surface area contributed by atoms with E-state index in [4.69, 9.17) is 9.84 Å². The minimum Gasteiger partial charge on any atom is -0.481 e. The number of ether oxygens (including phenoxy) is 1. The number of carboxylic acids is 1. The number of fused-ring (bicyclic) bond motifs is 1. The zero-order valence-electron chi connectivity index (χ0n) is 9.59. The van der Waals surface area contributed by atoms with Gasteiger partial charge in [0.1, 0.15) is 12.2 Å². The van der Waals surface area contributed by atoms with Crippen molar-refractivity contribution in [2.24, 2.45) is 0 Å². The van der Waals surface area contributed by atoms with Crippen molar-refractivity contribution >= 4 is 17.0 Å². The number of aromatic nitrogens is 4. The van der Waals surface area contributed by atoms with Crippen molar-refractivity contribution in [3.8, 4) is 0 Å². The Morgan fingerprint density at radius 3 is 3.22 bits per heavy atom. The van der Waals surface area contributed by atoms with Gasteiger partial charge in [-0.05, 0) is 6.42 Å². The van der Waals surface area contributed by atoms with E-state index in [0.29, 0.717) is 18.2 Å². The lowest BCUT2D eigenvalue weighted by molar-refractivity contribution is -0.136. The zero-order valence-corrected chi connectivity index (χ0v) is 9.59. The molecule has 0 amide bonds. The highest BCUT2D eigenvalue weighted by Crippen LogP contribution is 2.28. The number of H-pyrrole nitrogens is 1. The summed E-state index contributed by atoms with van der Waals surface area (Å²) in [6.45, 7) is 1.43. The van der Waals surface area contributed by atoms with Crippen LogP contribution in [0.4, 0.5) is 0 Å². The summed E-state index contributed by atoms with van der Waals surface area (Å²) in [6, 6.07) is 0. The normalized spacial score (nSPS) is 19.4. The van der Waals surface area contributed by atoms with E-state index in [2.05, 4.69) is 20.2 Å². The molecule has 3 heterocycles. The molecule has 18 heavy (non-hydrogen) atoms. The Morgan fingerprint density at radius 2 is 2.50 bits per heavy atom. The molecule has 1 aliphatic rings. The van der Waals surface area contributed by atoms with E-state index < -0.39 is 5.97 Å². The molecule has 1 atom stereocenters. The molecule has 2 aromatic heterocycles. The fourth-order valence-electron chi connectivity index (χ4n) is 2.15. The maximum atomic E-state index is 10.6. The minimum absolute atomic E-state index is 0.190. The largest absolute Gasteiger partial charge is 0.481 e. The number of nitrogens with zero attached hydrogens (tertiary/aromatic N) is 3. The summed E-state index contributed by atoms with van der Waals surface area (Å²) < 4.78 is 5.34. The topological polar surface area (TPSA) is 101 Å². The summed E-state index contributed by atoms with van der Waals surface area (Å²) in [7, 11) is 0. The van der Waals surface area contributed by atoms with Gasteiger partial charge >= 0.3 is 5.97 Å². The third-order valence-electron chi connectivity index (χ3n) is 3.04. The van der Waals surface area contributed by atoms with Crippen LogP contribution < -0.4 is 0 Å². The number of carboxylic acid groups (broad SMARTS) is 1. The minimum atomic E-state index is -0.950. The number of aliphatic carboxylic acids is 1. The predicted octanol–water partition coefficient (Wildman–Crippen LogP) is 0.484. The van der Waals surface area contributed by atoms with E-state index in [9.17, 15) is 4.79 Å². The van der Waals surface area contributed by atoms with Gasteiger partial charge in [-0.2, -0.15) is 5.10 Å². The van der Waals surface area contributed by atoms with Gasteiger partial charge in [-0.15, -0.1) is 0 Å². The van der Waals surface area contributed by atoms with E-state index in [1.165, 1.54) is 0 Å². The highest BCUT2D eigenvalue weighted by atomic mass is 16.5. The van der Waals surface area contributed by atoms with Crippen molar-refractivity contribution in [2.75, 3.05) is 13.2 Å². The predicted molar refractivity (Wildman–Crippen MR) is 61.2 cm³/mol. The summed E-state index contributed by atoms with van der Waals surface area (Å²) in [6.07, 6.45) is 2.40. The van der Waals surface area contributed by atoms with Gasteiger partial charge in [-0.3, -0.25) is 9.89 Å². The van der Waals surface area contributed by atoms with Gasteiger partial charge in [0.15, 0.2) is 5.65 Å². The number of hydrogen-bond donors (Lipinski definition) is 2. The quantitative estimate of drug-likeness (QED) is 0.819. The fourth-order valence-corrected chi connectivity index (χ4v) is 2.15. The molecule has 1 fully saturated rings. The van der Waals surface area contributed by atoms with Crippen LogP contribution in [0.2, 0.25) is 0 Å². The third-order valence-corrected chi connectivity index (χ3v) is 3.04. The molecule has 94 valence electrons. The van der Waals surface area contributed by atoms with Crippen LogP contribution in [0.1, 0.15) is 23.9 Å². The Hall–Kier alpha value is -2.02. The molecular formula is C11H12N4O3. The number of hydrogen-bond acceptors (Lipinski definition) is 5. The van der Waals surface area contributed by atoms with Crippen molar-refractivity contribution < 1.29 is 14.6 Å². The van der Waals surface area contributed by atoms with Crippen LogP contribution in [-0.2, 0) is 16.0 Å². The molecular weight excluding hydrogens is 236 g/mol. The molecule has 0 saturated carbocycles. The van der Waals surface area contributed by atoms with Gasteiger partial charge in [0.05, 0.1) is 17.7 Å². The number of nitrogens with one attached hydrogen (secondary N) is 1. The van der Waals surface area contributed by atoms with Gasteiger partial charge in [0.25, 0.3) is 0 Å². The summed E-state index contributed by atoms with van der Waals surface area (Å²) >= 11 is 0. The molecule has 0 aromatic carbocycles. The van der Waals surface area contributed by atoms with Crippen LogP contribution >= 0.6 is 0 Å². The highest BCUT2D eigenvalue weighted by Gasteiger charge is 2.22. The monoisotopic (exact) mass is 248 g/mol. The van der Waals surface area contributed by atoms with Gasteiger partial charge in [-0.1, -0.05) is 0 Å².